The van der Waals surface area contributed by atoms with E-state index in [1.54, 1.807) is 18.3 Å². The van der Waals surface area contributed by atoms with Crippen molar-refractivity contribution in [3.8, 4) is 0 Å². The molecule has 20 heavy (non-hydrogen) atoms. The Morgan fingerprint density at radius 2 is 2.05 bits per heavy atom. The van der Waals surface area contributed by atoms with Crippen LogP contribution in [0.15, 0.2) is 23.2 Å². The molecule has 1 fully saturated rings. The molecule has 0 radical (unpaired) electrons. The van der Waals surface area contributed by atoms with Crippen molar-refractivity contribution in [2.24, 2.45) is 5.92 Å². The number of nitrogens with zero attached hydrogens (tertiary/aromatic N) is 1. The second-order valence-electron chi connectivity index (χ2n) is 5.24. The van der Waals surface area contributed by atoms with Crippen LogP contribution >= 0.6 is 0 Å². The lowest BCUT2D eigenvalue weighted by Gasteiger charge is -2.22. The van der Waals surface area contributed by atoms with Gasteiger partial charge in [-0.1, -0.05) is 19.3 Å². The molecule has 0 amide bonds. The Labute approximate surface area is 121 Å². The van der Waals surface area contributed by atoms with E-state index >= 15 is 0 Å². The Balaban J connectivity index is 2.05. The van der Waals surface area contributed by atoms with Gasteiger partial charge in [0.2, 0.25) is 10.0 Å². The second-order valence-corrected chi connectivity index (χ2v) is 6.97. The summed E-state index contributed by atoms with van der Waals surface area (Å²) in [7, 11) is -3.49. The summed E-state index contributed by atoms with van der Waals surface area (Å²) in [6.45, 7) is 3.09. The molecular weight excluding hydrogens is 274 g/mol. The molecule has 112 valence electrons. The standard InChI is InChI=1S/C14H23N3O2S/c1-2-15-14-13(9-6-10-16-14)20(18,19)17-11-12-7-4-3-5-8-12/h6,9-10,12,17H,2-5,7-8,11H2,1H3,(H,15,16). The number of nitrogens with one attached hydrogen (secondary N) is 2. The van der Waals surface area contributed by atoms with E-state index in [0.29, 0.717) is 24.8 Å². The molecule has 1 aliphatic rings. The zero-order valence-electron chi connectivity index (χ0n) is 11.9. The summed E-state index contributed by atoms with van der Waals surface area (Å²) in [5, 5.41) is 2.99. The Morgan fingerprint density at radius 1 is 1.30 bits per heavy atom. The molecule has 0 aliphatic heterocycles. The van der Waals surface area contributed by atoms with Crippen molar-refractivity contribution in [1.29, 1.82) is 0 Å². The van der Waals surface area contributed by atoms with Crippen molar-refractivity contribution >= 4 is 15.8 Å². The maximum atomic E-state index is 12.4. The third-order valence-corrected chi connectivity index (χ3v) is 5.15. The largest absolute Gasteiger partial charge is 0.369 e. The number of rotatable bonds is 6. The quantitative estimate of drug-likeness (QED) is 0.845. The van der Waals surface area contributed by atoms with Crippen LogP contribution in [-0.4, -0.2) is 26.5 Å². The molecule has 6 heteroatoms. The number of pyridine rings is 1. The van der Waals surface area contributed by atoms with Gasteiger partial charge >= 0.3 is 0 Å². The minimum absolute atomic E-state index is 0.234. The van der Waals surface area contributed by atoms with Crippen LogP contribution in [-0.2, 0) is 10.0 Å². The maximum absolute atomic E-state index is 12.4. The minimum atomic E-state index is -3.49. The summed E-state index contributed by atoms with van der Waals surface area (Å²) < 4.78 is 27.5. The Kier molecular flexibility index (Phi) is 5.37. The third-order valence-electron chi connectivity index (χ3n) is 3.69. The number of hydrogen-bond donors (Lipinski definition) is 2. The first-order chi connectivity index (χ1) is 9.63. The van der Waals surface area contributed by atoms with Crippen LogP contribution in [0.3, 0.4) is 0 Å². The molecule has 1 aromatic rings. The zero-order valence-corrected chi connectivity index (χ0v) is 12.7. The second kappa shape index (κ2) is 7.04. The van der Waals surface area contributed by atoms with Crippen molar-refractivity contribution in [2.45, 2.75) is 43.9 Å². The highest BCUT2D eigenvalue weighted by molar-refractivity contribution is 7.89. The highest BCUT2D eigenvalue weighted by Gasteiger charge is 2.21. The van der Waals surface area contributed by atoms with Crippen LogP contribution in [0.2, 0.25) is 0 Å². The van der Waals surface area contributed by atoms with Gasteiger partial charge in [0.25, 0.3) is 0 Å². The fraction of sp³-hybridized carbons (Fsp3) is 0.643. The summed E-state index contributed by atoms with van der Waals surface area (Å²) >= 11 is 0. The highest BCUT2D eigenvalue weighted by atomic mass is 32.2. The predicted molar refractivity (Wildman–Crippen MR) is 80.2 cm³/mol. The SMILES string of the molecule is CCNc1ncccc1S(=O)(=O)NCC1CCCCC1. The number of anilines is 1. The molecule has 0 aromatic carbocycles. The van der Waals surface area contributed by atoms with E-state index in [9.17, 15) is 8.42 Å². The fourth-order valence-electron chi connectivity index (χ4n) is 2.60. The lowest BCUT2D eigenvalue weighted by Crippen LogP contribution is -2.31. The molecule has 1 aliphatic carbocycles. The fourth-order valence-corrected chi connectivity index (χ4v) is 3.85. The predicted octanol–water partition coefficient (Wildman–Crippen LogP) is 2.37. The zero-order chi connectivity index (χ0) is 14.4. The van der Waals surface area contributed by atoms with E-state index in [4.69, 9.17) is 0 Å². The van der Waals surface area contributed by atoms with E-state index in [-0.39, 0.29) is 4.90 Å². The van der Waals surface area contributed by atoms with Gasteiger partial charge in [0, 0.05) is 19.3 Å². The van der Waals surface area contributed by atoms with Crippen LogP contribution in [0, 0.1) is 5.92 Å². The van der Waals surface area contributed by atoms with Gasteiger partial charge in [-0.25, -0.2) is 18.1 Å². The molecular formula is C14H23N3O2S. The van der Waals surface area contributed by atoms with Crippen molar-refractivity contribution in [3.05, 3.63) is 18.3 Å². The molecule has 0 spiro atoms. The first-order valence-corrected chi connectivity index (χ1v) is 8.80. The third kappa shape index (κ3) is 3.93. The lowest BCUT2D eigenvalue weighted by atomic mass is 9.90. The molecule has 0 atom stereocenters. The molecule has 1 aromatic heterocycles. The summed E-state index contributed by atoms with van der Waals surface area (Å²) in [6.07, 6.45) is 7.53. The molecule has 1 saturated carbocycles. The summed E-state index contributed by atoms with van der Waals surface area (Å²) in [4.78, 5) is 4.33. The van der Waals surface area contributed by atoms with Crippen molar-refractivity contribution < 1.29 is 8.42 Å². The average molecular weight is 297 g/mol. The average Bonchev–Trinajstić information content (AvgIpc) is 2.47. The maximum Gasteiger partial charge on any atom is 0.244 e. The van der Waals surface area contributed by atoms with E-state index in [0.717, 1.165) is 12.8 Å². The summed E-state index contributed by atoms with van der Waals surface area (Å²) in [5.41, 5.74) is 0. The van der Waals surface area contributed by atoms with E-state index in [1.165, 1.54) is 19.3 Å². The Bertz CT molecular complexity index is 525. The van der Waals surface area contributed by atoms with Gasteiger partial charge in [-0.15, -0.1) is 0 Å². The first kappa shape index (κ1) is 15.3. The van der Waals surface area contributed by atoms with Crippen LogP contribution in [0.5, 0.6) is 0 Å². The monoisotopic (exact) mass is 297 g/mol. The van der Waals surface area contributed by atoms with Gasteiger partial charge in [-0.05, 0) is 37.8 Å². The molecule has 0 saturated heterocycles. The van der Waals surface area contributed by atoms with E-state index in [2.05, 4.69) is 15.0 Å². The topological polar surface area (TPSA) is 71.1 Å². The van der Waals surface area contributed by atoms with E-state index in [1.807, 2.05) is 6.92 Å². The van der Waals surface area contributed by atoms with Gasteiger partial charge in [0.1, 0.15) is 10.7 Å². The van der Waals surface area contributed by atoms with Crippen LogP contribution in [0.4, 0.5) is 5.82 Å². The molecule has 2 rings (SSSR count). The molecule has 5 nitrogen and oxygen atoms in total. The lowest BCUT2D eigenvalue weighted by molar-refractivity contribution is 0.357. The molecule has 1 heterocycles. The number of sulfonamides is 1. The van der Waals surface area contributed by atoms with Gasteiger partial charge in [0.15, 0.2) is 0 Å². The van der Waals surface area contributed by atoms with Gasteiger partial charge < -0.3 is 5.32 Å². The Hall–Kier alpha value is -1.14. The van der Waals surface area contributed by atoms with Crippen molar-refractivity contribution in [1.82, 2.24) is 9.71 Å². The van der Waals surface area contributed by atoms with Crippen LogP contribution in [0.25, 0.3) is 0 Å². The van der Waals surface area contributed by atoms with E-state index < -0.39 is 10.0 Å². The van der Waals surface area contributed by atoms with Gasteiger partial charge in [0.05, 0.1) is 0 Å². The van der Waals surface area contributed by atoms with Gasteiger partial charge in [-0.2, -0.15) is 0 Å². The Morgan fingerprint density at radius 3 is 2.75 bits per heavy atom. The van der Waals surface area contributed by atoms with Crippen molar-refractivity contribution in [2.75, 3.05) is 18.4 Å². The molecule has 2 N–H and O–H groups in total. The normalized spacial score (nSPS) is 17.1. The first-order valence-electron chi connectivity index (χ1n) is 7.32. The molecule has 0 unspecified atom stereocenters. The van der Waals surface area contributed by atoms with Crippen LogP contribution < -0.4 is 10.0 Å². The highest BCUT2D eigenvalue weighted by Crippen LogP contribution is 2.24. The minimum Gasteiger partial charge on any atom is -0.369 e. The van der Waals surface area contributed by atoms with Crippen molar-refractivity contribution in [3.63, 3.8) is 0 Å². The summed E-state index contributed by atoms with van der Waals surface area (Å²) in [5.74, 6) is 0.893. The van der Waals surface area contributed by atoms with Crippen LogP contribution in [0.1, 0.15) is 39.0 Å². The van der Waals surface area contributed by atoms with Gasteiger partial charge in [-0.3, -0.25) is 0 Å². The number of hydrogen-bond acceptors (Lipinski definition) is 4. The number of aromatic nitrogens is 1. The molecule has 0 bridgehead atoms. The smallest absolute Gasteiger partial charge is 0.244 e. The summed E-state index contributed by atoms with van der Waals surface area (Å²) in [6, 6.07) is 3.24.